The molecule has 0 radical (unpaired) electrons. The summed E-state index contributed by atoms with van der Waals surface area (Å²) in [5.74, 6) is 0.0880. The van der Waals surface area contributed by atoms with Crippen molar-refractivity contribution in [3.8, 4) is 5.75 Å². The molecule has 0 saturated heterocycles. The number of aromatic hydroxyl groups is 1. The van der Waals surface area contributed by atoms with Crippen molar-refractivity contribution in [3.63, 3.8) is 0 Å². The topological polar surface area (TPSA) is 61.7 Å². The monoisotopic (exact) mass is 302 g/mol. The summed E-state index contributed by atoms with van der Waals surface area (Å²) in [6.07, 6.45) is 1.98. The quantitative estimate of drug-likeness (QED) is 0.834. The molecule has 0 heterocycles. The largest absolute Gasteiger partial charge is 0.507 e. The first kappa shape index (κ1) is 15.1. The van der Waals surface area contributed by atoms with Gasteiger partial charge in [-0.1, -0.05) is 18.5 Å². The van der Waals surface area contributed by atoms with Gasteiger partial charge in [0.2, 0.25) is 5.91 Å². The molecule has 0 bridgehead atoms. The lowest BCUT2D eigenvalue weighted by Gasteiger charge is -2.03. The van der Waals surface area contributed by atoms with Crippen molar-refractivity contribution in [1.29, 1.82) is 0 Å². The molecule has 2 aromatic rings. The number of nitrogens with zero attached hydrogens (tertiary/aromatic N) is 1. The van der Waals surface area contributed by atoms with Crippen LogP contribution in [-0.2, 0) is 4.79 Å². The minimum absolute atomic E-state index is 0.0323. The number of amides is 1. The van der Waals surface area contributed by atoms with Crippen molar-refractivity contribution in [2.24, 2.45) is 4.99 Å². The van der Waals surface area contributed by atoms with Crippen molar-refractivity contribution < 1.29 is 9.90 Å². The molecule has 0 spiro atoms. The summed E-state index contributed by atoms with van der Waals surface area (Å²) >= 11 is 5.87. The average Bonchev–Trinajstić information content (AvgIpc) is 2.49. The van der Waals surface area contributed by atoms with Gasteiger partial charge in [0.25, 0.3) is 0 Å². The fourth-order valence-electron chi connectivity index (χ4n) is 1.65. The fraction of sp³-hybridized carbons (Fsp3) is 0.125. The SMILES string of the molecule is CCC(=O)Nc1ccc(N=Cc2cc(Cl)ccc2O)cc1. The van der Waals surface area contributed by atoms with Crippen LogP contribution < -0.4 is 5.32 Å². The van der Waals surface area contributed by atoms with Gasteiger partial charge in [-0.15, -0.1) is 0 Å². The van der Waals surface area contributed by atoms with Crippen molar-refractivity contribution >= 4 is 35.1 Å². The van der Waals surface area contributed by atoms with E-state index in [-0.39, 0.29) is 11.7 Å². The molecule has 5 heteroatoms. The zero-order valence-electron chi connectivity index (χ0n) is 11.5. The second-order valence-electron chi connectivity index (χ2n) is 4.41. The molecule has 0 aromatic heterocycles. The molecule has 0 unspecified atom stereocenters. The first-order valence-electron chi connectivity index (χ1n) is 6.51. The molecule has 0 atom stereocenters. The molecule has 21 heavy (non-hydrogen) atoms. The van der Waals surface area contributed by atoms with E-state index in [1.54, 1.807) is 49.5 Å². The Labute approximate surface area is 128 Å². The number of rotatable bonds is 4. The Kier molecular flexibility index (Phi) is 4.95. The van der Waals surface area contributed by atoms with Gasteiger partial charge < -0.3 is 10.4 Å². The molecule has 108 valence electrons. The van der Waals surface area contributed by atoms with Gasteiger partial charge in [0.05, 0.1) is 5.69 Å². The Morgan fingerprint density at radius 2 is 2.00 bits per heavy atom. The number of aliphatic imine (C=N–C) groups is 1. The van der Waals surface area contributed by atoms with Crippen LogP contribution in [0.5, 0.6) is 5.75 Å². The highest BCUT2D eigenvalue weighted by molar-refractivity contribution is 6.30. The molecule has 4 nitrogen and oxygen atoms in total. The highest BCUT2D eigenvalue weighted by atomic mass is 35.5. The predicted molar refractivity (Wildman–Crippen MR) is 85.7 cm³/mol. The number of carbonyl (C=O) groups is 1. The summed E-state index contributed by atoms with van der Waals surface area (Å²) in [5.41, 5.74) is 1.99. The first-order valence-corrected chi connectivity index (χ1v) is 6.89. The van der Waals surface area contributed by atoms with Crippen LogP contribution >= 0.6 is 11.6 Å². The number of carbonyl (C=O) groups excluding carboxylic acids is 1. The zero-order chi connectivity index (χ0) is 15.2. The molecule has 1 amide bonds. The van der Waals surface area contributed by atoms with Crippen LogP contribution in [0.15, 0.2) is 47.5 Å². The Balaban J connectivity index is 2.11. The van der Waals surface area contributed by atoms with E-state index in [4.69, 9.17) is 11.6 Å². The second kappa shape index (κ2) is 6.90. The minimum atomic E-state index is -0.0323. The van der Waals surface area contributed by atoms with E-state index in [0.717, 1.165) is 5.69 Å². The molecular formula is C16H15ClN2O2. The minimum Gasteiger partial charge on any atom is -0.507 e. The standard InChI is InChI=1S/C16H15ClN2O2/c1-2-16(21)19-14-6-4-13(5-7-14)18-10-11-9-12(17)3-8-15(11)20/h3-10,20H,2H2,1H3,(H,19,21). The van der Waals surface area contributed by atoms with Gasteiger partial charge in [-0.05, 0) is 42.5 Å². The number of halogens is 1. The van der Waals surface area contributed by atoms with Gasteiger partial charge in [0.15, 0.2) is 0 Å². The lowest BCUT2D eigenvalue weighted by molar-refractivity contribution is -0.115. The van der Waals surface area contributed by atoms with Gasteiger partial charge in [0, 0.05) is 28.9 Å². The third-order valence-electron chi connectivity index (χ3n) is 2.81. The van der Waals surface area contributed by atoms with Crippen molar-refractivity contribution in [2.45, 2.75) is 13.3 Å². The molecular weight excluding hydrogens is 288 g/mol. The molecule has 0 aliphatic rings. The maximum atomic E-state index is 11.3. The van der Waals surface area contributed by atoms with E-state index in [0.29, 0.717) is 22.7 Å². The maximum absolute atomic E-state index is 11.3. The van der Waals surface area contributed by atoms with E-state index in [1.807, 2.05) is 0 Å². The number of nitrogens with one attached hydrogen (secondary N) is 1. The average molecular weight is 303 g/mol. The van der Waals surface area contributed by atoms with E-state index in [1.165, 1.54) is 6.07 Å². The van der Waals surface area contributed by atoms with E-state index in [2.05, 4.69) is 10.3 Å². The Morgan fingerprint density at radius 1 is 1.29 bits per heavy atom. The lowest BCUT2D eigenvalue weighted by Crippen LogP contribution is -2.08. The van der Waals surface area contributed by atoms with E-state index in [9.17, 15) is 9.90 Å². The summed E-state index contributed by atoms with van der Waals surface area (Å²) in [7, 11) is 0. The zero-order valence-corrected chi connectivity index (χ0v) is 12.3. The van der Waals surface area contributed by atoms with Crippen LogP contribution in [0.1, 0.15) is 18.9 Å². The molecule has 2 aromatic carbocycles. The van der Waals surface area contributed by atoms with Crippen LogP contribution in [0, 0.1) is 0 Å². The second-order valence-corrected chi connectivity index (χ2v) is 4.85. The number of benzene rings is 2. The lowest BCUT2D eigenvalue weighted by atomic mass is 10.2. The summed E-state index contributed by atoms with van der Waals surface area (Å²) in [6, 6.07) is 11.9. The highest BCUT2D eigenvalue weighted by Crippen LogP contribution is 2.21. The third kappa shape index (κ3) is 4.33. The van der Waals surface area contributed by atoms with Crippen molar-refractivity contribution in [2.75, 3.05) is 5.32 Å². The van der Waals surface area contributed by atoms with Crippen molar-refractivity contribution in [3.05, 3.63) is 53.1 Å². The summed E-state index contributed by atoms with van der Waals surface area (Å²) < 4.78 is 0. The molecule has 2 rings (SSSR count). The summed E-state index contributed by atoms with van der Waals surface area (Å²) in [4.78, 5) is 15.5. The summed E-state index contributed by atoms with van der Waals surface area (Å²) in [6.45, 7) is 1.80. The van der Waals surface area contributed by atoms with Crippen LogP contribution in [0.25, 0.3) is 0 Å². The van der Waals surface area contributed by atoms with Gasteiger partial charge >= 0.3 is 0 Å². The first-order chi connectivity index (χ1) is 10.1. The Hall–Kier alpha value is -2.33. The number of phenolic OH excluding ortho intramolecular Hbond substituents is 1. The van der Waals surface area contributed by atoms with Crippen LogP contribution in [-0.4, -0.2) is 17.2 Å². The molecule has 0 saturated carbocycles. The van der Waals surface area contributed by atoms with E-state index >= 15 is 0 Å². The van der Waals surface area contributed by atoms with Crippen LogP contribution in [0.2, 0.25) is 5.02 Å². The Morgan fingerprint density at radius 3 is 2.67 bits per heavy atom. The Bertz CT molecular complexity index is 666. The van der Waals surface area contributed by atoms with Gasteiger partial charge in [-0.25, -0.2) is 0 Å². The predicted octanol–water partition coefficient (Wildman–Crippen LogP) is 4.14. The molecule has 2 N–H and O–H groups in total. The number of hydrogen-bond donors (Lipinski definition) is 2. The van der Waals surface area contributed by atoms with Gasteiger partial charge in [-0.3, -0.25) is 9.79 Å². The summed E-state index contributed by atoms with van der Waals surface area (Å²) in [5, 5.41) is 13.0. The van der Waals surface area contributed by atoms with Crippen LogP contribution in [0.4, 0.5) is 11.4 Å². The van der Waals surface area contributed by atoms with E-state index < -0.39 is 0 Å². The number of phenols is 1. The molecule has 0 aliphatic heterocycles. The molecule has 0 aliphatic carbocycles. The number of hydrogen-bond acceptors (Lipinski definition) is 3. The number of anilines is 1. The third-order valence-corrected chi connectivity index (χ3v) is 3.05. The van der Waals surface area contributed by atoms with Gasteiger partial charge in [-0.2, -0.15) is 0 Å². The smallest absolute Gasteiger partial charge is 0.224 e. The fourth-order valence-corrected chi connectivity index (χ4v) is 1.83. The van der Waals surface area contributed by atoms with Crippen LogP contribution in [0.3, 0.4) is 0 Å². The van der Waals surface area contributed by atoms with Crippen molar-refractivity contribution in [1.82, 2.24) is 0 Å². The van der Waals surface area contributed by atoms with Gasteiger partial charge in [0.1, 0.15) is 5.75 Å². The maximum Gasteiger partial charge on any atom is 0.224 e. The normalized spacial score (nSPS) is 10.8. The molecule has 0 fully saturated rings. The highest BCUT2D eigenvalue weighted by Gasteiger charge is 2.00.